The molecule has 1 aliphatic rings. The van der Waals surface area contributed by atoms with Crippen LogP contribution in [0, 0.1) is 17.0 Å². The Hall–Kier alpha value is -3.51. The molecule has 0 N–H and O–H groups in total. The maximum atomic E-state index is 13.3. The van der Waals surface area contributed by atoms with E-state index in [9.17, 15) is 14.9 Å². The number of carbonyl (C=O) groups is 1. The van der Waals surface area contributed by atoms with Crippen LogP contribution in [0.2, 0.25) is 0 Å². The Labute approximate surface area is 182 Å². The van der Waals surface area contributed by atoms with E-state index in [1.54, 1.807) is 23.1 Å². The van der Waals surface area contributed by atoms with E-state index >= 15 is 0 Å². The molecule has 4 rings (SSSR count). The quantitative estimate of drug-likeness (QED) is 0.267. The van der Waals surface area contributed by atoms with Crippen LogP contribution in [-0.4, -0.2) is 10.8 Å². The smallest absolute Gasteiger partial charge is 0.269 e. The third-order valence-electron chi connectivity index (χ3n) is 4.84. The first-order valence-electron chi connectivity index (χ1n) is 9.27. The fraction of sp³-hybridized carbons (Fsp3) is 0.0417. The number of hydrogen-bond donors (Lipinski definition) is 0. The number of non-ortho nitro benzene ring substituents is 1. The van der Waals surface area contributed by atoms with Gasteiger partial charge in [0.05, 0.1) is 10.6 Å². The number of carbonyl (C=O) groups excluding carboxylic acids is 1. The molecule has 1 amide bonds. The minimum absolute atomic E-state index is 0.0160. The van der Waals surface area contributed by atoms with Gasteiger partial charge in [-0.25, -0.2) is 0 Å². The van der Waals surface area contributed by atoms with Crippen molar-refractivity contribution in [2.24, 2.45) is 0 Å². The fourth-order valence-electron chi connectivity index (χ4n) is 3.27. The van der Waals surface area contributed by atoms with E-state index in [0.29, 0.717) is 5.57 Å². The number of benzene rings is 3. The topological polar surface area (TPSA) is 63.5 Å². The van der Waals surface area contributed by atoms with E-state index in [4.69, 9.17) is 0 Å². The lowest BCUT2D eigenvalue weighted by Gasteiger charge is -2.21. The first-order chi connectivity index (χ1) is 14.4. The monoisotopic (exact) mass is 460 g/mol. The summed E-state index contributed by atoms with van der Waals surface area (Å²) in [4.78, 5) is 25.4. The second kappa shape index (κ2) is 8.08. The van der Waals surface area contributed by atoms with Crippen molar-refractivity contribution in [1.82, 2.24) is 0 Å². The zero-order chi connectivity index (χ0) is 21.3. The highest BCUT2D eigenvalue weighted by Crippen LogP contribution is 2.36. The lowest BCUT2D eigenvalue weighted by atomic mass is 10.1. The van der Waals surface area contributed by atoms with Crippen LogP contribution in [0.5, 0.6) is 0 Å². The molecule has 30 heavy (non-hydrogen) atoms. The number of halogens is 1. The van der Waals surface area contributed by atoms with Crippen molar-refractivity contribution in [2.75, 3.05) is 4.90 Å². The average Bonchev–Trinajstić information content (AvgIpc) is 3.06. The van der Waals surface area contributed by atoms with Crippen LogP contribution in [0.4, 0.5) is 11.4 Å². The molecule has 0 radical (unpaired) electrons. The molecule has 0 saturated carbocycles. The number of nitro benzene ring substituents is 1. The molecule has 6 heteroatoms. The lowest BCUT2D eigenvalue weighted by Crippen LogP contribution is -2.24. The summed E-state index contributed by atoms with van der Waals surface area (Å²) >= 11 is 3.43. The second-order valence-electron chi connectivity index (χ2n) is 6.96. The van der Waals surface area contributed by atoms with Gasteiger partial charge in [-0.3, -0.25) is 19.8 Å². The molecule has 0 fully saturated rings. The molecule has 3 aromatic carbocycles. The summed E-state index contributed by atoms with van der Waals surface area (Å²) in [6, 6.07) is 21.7. The van der Waals surface area contributed by atoms with Crippen molar-refractivity contribution in [1.29, 1.82) is 0 Å². The van der Waals surface area contributed by atoms with Gasteiger partial charge in [0.15, 0.2) is 0 Å². The van der Waals surface area contributed by atoms with Gasteiger partial charge in [0, 0.05) is 27.9 Å². The van der Waals surface area contributed by atoms with Crippen molar-refractivity contribution in [3.05, 3.63) is 116 Å². The molecule has 0 bridgehead atoms. The summed E-state index contributed by atoms with van der Waals surface area (Å²) in [7, 11) is 0. The molecule has 1 heterocycles. The molecule has 0 unspecified atom stereocenters. The summed E-state index contributed by atoms with van der Waals surface area (Å²) in [5, 5.41) is 10.9. The van der Waals surface area contributed by atoms with E-state index in [-0.39, 0.29) is 11.6 Å². The number of hydrogen-bond acceptors (Lipinski definition) is 3. The summed E-state index contributed by atoms with van der Waals surface area (Å²) in [6.45, 7) is 2.02. The molecule has 0 saturated heterocycles. The molecule has 0 aliphatic carbocycles. The lowest BCUT2D eigenvalue weighted by molar-refractivity contribution is -0.384. The van der Waals surface area contributed by atoms with Gasteiger partial charge in [0.25, 0.3) is 11.6 Å². The van der Waals surface area contributed by atoms with Gasteiger partial charge in [-0.15, -0.1) is 0 Å². The number of anilines is 1. The molecular weight excluding hydrogens is 444 g/mol. The Morgan fingerprint density at radius 2 is 1.57 bits per heavy atom. The van der Waals surface area contributed by atoms with Gasteiger partial charge in [-0.05, 0) is 66.6 Å². The summed E-state index contributed by atoms with van der Waals surface area (Å²) < 4.78 is 0.931. The maximum Gasteiger partial charge on any atom is 0.269 e. The minimum atomic E-state index is -0.442. The molecule has 0 aromatic heterocycles. The molecule has 3 aromatic rings. The van der Waals surface area contributed by atoms with Crippen LogP contribution in [0.15, 0.2) is 88.9 Å². The van der Waals surface area contributed by atoms with Crippen molar-refractivity contribution >= 4 is 45.0 Å². The van der Waals surface area contributed by atoms with Crippen molar-refractivity contribution in [2.45, 2.75) is 6.92 Å². The van der Waals surface area contributed by atoms with Crippen LogP contribution >= 0.6 is 15.9 Å². The van der Waals surface area contributed by atoms with Gasteiger partial charge in [0.2, 0.25) is 0 Å². The fourth-order valence-corrected chi connectivity index (χ4v) is 3.53. The Morgan fingerprint density at radius 1 is 0.933 bits per heavy atom. The third kappa shape index (κ3) is 3.95. The normalized spacial score (nSPS) is 14.9. The molecule has 0 atom stereocenters. The number of nitrogens with zero attached hydrogens (tertiary/aromatic N) is 2. The van der Waals surface area contributed by atoms with E-state index < -0.39 is 4.92 Å². The van der Waals surface area contributed by atoms with Crippen molar-refractivity contribution in [3.63, 3.8) is 0 Å². The van der Waals surface area contributed by atoms with E-state index in [1.165, 1.54) is 12.1 Å². The Balaban J connectivity index is 1.78. The number of rotatable bonds is 4. The Bertz CT molecular complexity index is 1180. The van der Waals surface area contributed by atoms with Gasteiger partial charge in [-0.1, -0.05) is 45.8 Å². The van der Waals surface area contributed by atoms with Crippen LogP contribution in [0.3, 0.4) is 0 Å². The van der Waals surface area contributed by atoms with Crippen LogP contribution in [0.25, 0.3) is 11.8 Å². The highest BCUT2D eigenvalue weighted by atomic mass is 79.9. The highest BCUT2D eigenvalue weighted by Gasteiger charge is 2.30. The van der Waals surface area contributed by atoms with Crippen LogP contribution in [0.1, 0.15) is 16.7 Å². The summed E-state index contributed by atoms with van der Waals surface area (Å²) in [6.07, 6.45) is 3.61. The predicted molar refractivity (Wildman–Crippen MR) is 122 cm³/mol. The zero-order valence-corrected chi connectivity index (χ0v) is 17.7. The predicted octanol–water partition coefficient (Wildman–Crippen LogP) is 6.14. The Morgan fingerprint density at radius 3 is 2.17 bits per heavy atom. The first-order valence-corrected chi connectivity index (χ1v) is 10.1. The molecule has 1 aliphatic heterocycles. The number of nitro groups is 1. The summed E-state index contributed by atoms with van der Waals surface area (Å²) in [5.41, 5.74) is 4.88. The van der Waals surface area contributed by atoms with E-state index in [1.807, 2.05) is 61.5 Å². The largest absolute Gasteiger partial charge is 0.276 e. The minimum Gasteiger partial charge on any atom is -0.276 e. The Kier molecular flexibility index (Phi) is 5.33. The summed E-state index contributed by atoms with van der Waals surface area (Å²) in [5.74, 6) is -0.147. The first kappa shape index (κ1) is 19.8. The third-order valence-corrected chi connectivity index (χ3v) is 5.37. The molecule has 148 valence electrons. The van der Waals surface area contributed by atoms with E-state index in [2.05, 4.69) is 15.9 Å². The SMILES string of the molecule is Cc1ccc(C2=C/C(=C\c3ccc([N+](=O)[O-])cc3)C(=O)N2c2ccc(Br)cc2)cc1. The van der Waals surface area contributed by atoms with Crippen molar-refractivity contribution < 1.29 is 9.72 Å². The zero-order valence-electron chi connectivity index (χ0n) is 16.1. The van der Waals surface area contributed by atoms with E-state index in [0.717, 1.165) is 32.5 Å². The highest BCUT2D eigenvalue weighted by molar-refractivity contribution is 9.10. The standard InChI is InChI=1S/C24H17BrN2O3/c1-16-2-6-18(7-3-16)23-15-19(14-17-4-10-22(11-5-17)27(29)30)24(28)26(23)21-12-8-20(25)9-13-21/h2-15H,1H3/b19-14+. The molecular formula is C24H17BrN2O3. The van der Waals surface area contributed by atoms with Crippen LogP contribution < -0.4 is 4.90 Å². The second-order valence-corrected chi connectivity index (χ2v) is 7.88. The average molecular weight is 461 g/mol. The number of aryl methyl sites for hydroxylation is 1. The van der Waals surface area contributed by atoms with Gasteiger partial charge in [-0.2, -0.15) is 0 Å². The van der Waals surface area contributed by atoms with Gasteiger partial charge < -0.3 is 0 Å². The van der Waals surface area contributed by atoms with Crippen molar-refractivity contribution in [3.8, 4) is 0 Å². The molecule has 5 nitrogen and oxygen atoms in total. The van der Waals surface area contributed by atoms with Gasteiger partial charge >= 0.3 is 0 Å². The van der Waals surface area contributed by atoms with Crippen LogP contribution in [-0.2, 0) is 4.79 Å². The number of amides is 1. The van der Waals surface area contributed by atoms with Gasteiger partial charge in [0.1, 0.15) is 0 Å². The molecule has 0 spiro atoms. The maximum absolute atomic E-state index is 13.3.